The van der Waals surface area contributed by atoms with Gasteiger partial charge in [0.2, 0.25) is 0 Å². The highest BCUT2D eigenvalue weighted by Crippen LogP contribution is 2.23. The second-order valence-electron chi connectivity index (χ2n) is 6.66. The summed E-state index contributed by atoms with van der Waals surface area (Å²) >= 11 is 0. The van der Waals surface area contributed by atoms with Gasteiger partial charge in [-0.15, -0.1) is 0 Å². The quantitative estimate of drug-likeness (QED) is 0.870. The molecule has 116 valence electrons. The summed E-state index contributed by atoms with van der Waals surface area (Å²) in [5.41, 5.74) is 1.24. The zero-order valence-electron chi connectivity index (χ0n) is 13.1. The molecule has 0 saturated carbocycles. The molecule has 2 rings (SSSR count). The van der Waals surface area contributed by atoms with Crippen molar-refractivity contribution in [3.05, 3.63) is 29.8 Å². The van der Waals surface area contributed by atoms with Gasteiger partial charge < -0.3 is 14.7 Å². The van der Waals surface area contributed by atoms with E-state index in [1.807, 2.05) is 45.0 Å². The van der Waals surface area contributed by atoms with Crippen molar-refractivity contribution >= 4 is 11.7 Å². The van der Waals surface area contributed by atoms with E-state index in [4.69, 9.17) is 9.84 Å². The lowest BCUT2D eigenvalue weighted by Gasteiger charge is -2.33. The zero-order chi connectivity index (χ0) is 15.5. The molecule has 1 N–H and O–H groups in total. The van der Waals surface area contributed by atoms with Gasteiger partial charge in [0.05, 0.1) is 5.56 Å². The summed E-state index contributed by atoms with van der Waals surface area (Å²) in [5, 5.41) is 9.17. The lowest BCUT2D eigenvalue weighted by Crippen LogP contribution is -2.34. The normalized spacial score (nSPS) is 16.9. The first-order chi connectivity index (χ1) is 9.89. The number of aliphatic hydroxyl groups excluding tert-OH is 1. The Hall–Kier alpha value is -1.55. The molecule has 0 aromatic heterocycles. The predicted octanol–water partition coefficient (Wildman–Crippen LogP) is 2.85. The van der Waals surface area contributed by atoms with Gasteiger partial charge in [0.1, 0.15) is 5.60 Å². The molecule has 1 heterocycles. The molecule has 1 saturated heterocycles. The van der Waals surface area contributed by atoms with Crippen LogP contribution in [0.4, 0.5) is 5.69 Å². The molecule has 1 aromatic carbocycles. The van der Waals surface area contributed by atoms with Gasteiger partial charge in [0.15, 0.2) is 0 Å². The third-order valence-electron chi connectivity index (χ3n) is 3.74. The van der Waals surface area contributed by atoms with Crippen LogP contribution in [0.1, 0.15) is 44.0 Å². The molecule has 4 nitrogen and oxygen atoms in total. The first-order valence-electron chi connectivity index (χ1n) is 7.58. The number of esters is 1. The van der Waals surface area contributed by atoms with E-state index in [0.717, 1.165) is 31.6 Å². The van der Waals surface area contributed by atoms with Gasteiger partial charge in [-0.3, -0.25) is 0 Å². The maximum atomic E-state index is 12.0. The first kappa shape index (κ1) is 15.8. The second kappa shape index (κ2) is 6.48. The Morgan fingerprint density at radius 2 is 1.81 bits per heavy atom. The van der Waals surface area contributed by atoms with Gasteiger partial charge in [-0.1, -0.05) is 0 Å². The molecule has 1 aliphatic rings. The van der Waals surface area contributed by atoms with Gasteiger partial charge in [-0.25, -0.2) is 4.79 Å². The average molecular weight is 291 g/mol. The van der Waals surface area contributed by atoms with Crippen molar-refractivity contribution in [2.75, 3.05) is 24.6 Å². The summed E-state index contributed by atoms with van der Waals surface area (Å²) in [6.45, 7) is 7.79. The monoisotopic (exact) mass is 291 g/mol. The minimum atomic E-state index is -0.470. The van der Waals surface area contributed by atoms with Gasteiger partial charge >= 0.3 is 5.97 Å². The van der Waals surface area contributed by atoms with Crippen LogP contribution in [0.5, 0.6) is 0 Å². The van der Waals surface area contributed by atoms with Crippen LogP contribution in [-0.2, 0) is 4.74 Å². The van der Waals surface area contributed by atoms with Crippen LogP contribution in [0, 0.1) is 5.92 Å². The van der Waals surface area contributed by atoms with E-state index in [9.17, 15) is 4.79 Å². The molecule has 1 aromatic rings. The molecule has 1 fully saturated rings. The van der Waals surface area contributed by atoms with E-state index in [0.29, 0.717) is 11.5 Å². The number of hydrogen-bond donors (Lipinski definition) is 1. The van der Waals surface area contributed by atoms with E-state index in [1.165, 1.54) is 0 Å². The minimum Gasteiger partial charge on any atom is -0.456 e. The van der Waals surface area contributed by atoms with E-state index in [1.54, 1.807) is 0 Å². The summed E-state index contributed by atoms with van der Waals surface area (Å²) in [7, 11) is 0. The molecular formula is C17H25NO3. The summed E-state index contributed by atoms with van der Waals surface area (Å²) in [6.07, 6.45) is 2.04. The fourth-order valence-electron chi connectivity index (χ4n) is 2.52. The molecule has 0 amide bonds. The molecule has 0 aliphatic carbocycles. The van der Waals surface area contributed by atoms with Crippen LogP contribution in [0.2, 0.25) is 0 Å². The van der Waals surface area contributed by atoms with Crippen molar-refractivity contribution in [3.8, 4) is 0 Å². The Kier molecular flexibility index (Phi) is 4.88. The number of rotatable bonds is 3. The minimum absolute atomic E-state index is 0.283. The third kappa shape index (κ3) is 4.46. The molecule has 21 heavy (non-hydrogen) atoms. The number of piperidine rings is 1. The second-order valence-corrected chi connectivity index (χ2v) is 6.66. The highest BCUT2D eigenvalue weighted by Gasteiger charge is 2.20. The summed E-state index contributed by atoms with van der Waals surface area (Å²) in [4.78, 5) is 14.3. The lowest BCUT2D eigenvalue weighted by atomic mass is 9.97. The van der Waals surface area contributed by atoms with Gasteiger partial charge in [0, 0.05) is 25.4 Å². The van der Waals surface area contributed by atoms with E-state index in [2.05, 4.69) is 4.90 Å². The number of ether oxygens (including phenoxy) is 1. The molecule has 0 atom stereocenters. The topological polar surface area (TPSA) is 49.8 Å². The number of nitrogens with zero attached hydrogens (tertiary/aromatic N) is 1. The predicted molar refractivity (Wildman–Crippen MR) is 83.6 cm³/mol. The van der Waals surface area contributed by atoms with Crippen molar-refractivity contribution in [3.63, 3.8) is 0 Å². The first-order valence-corrected chi connectivity index (χ1v) is 7.58. The lowest BCUT2D eigenvalue weighted by molar-refractivity contribution is 0.00695. The largest absolute Gasteiger partial charge is 0.456 e. The van der Waals surface area contributed by atoms with Crippen LogP contribution in [0.3, 0.4) is 0 Å². The third-order valence-corrected chi connectivity index (χ3v) is 3.74. The van der Waals surface area contributed by atoms with Crippen LogP contribution in [0.25, 0.3) is 0 Å². The van der Waals surface area contributed by atoms with Crippen LogP contribution >= 0.6 is 0 Å². The van der Waals surface area contributed by atoms with Gasteiger partial charge in [0.25, 0.3) is 0 Å². The van der Waals surface area contributed by atoms with Crippen molar-refractivity contribution in [1.29, 1.82) is 0 Å². The van der Waals surface area contributed by atoms with E-state index in [-0.39, 0.29) is 12.6 Å². The van der Waals surface area contributed by atoms with E-state index >= 15 is 0 Å². The van der Waals surface area contributed by atoms with E-state index < -0.39 is 5.60 Å². The number of carbonyl (C=O) groups excluding carboxylic acids is 1. The Labute approximate surface area is 126 Å². The molecule has 0 radical (unpaired) electrons. The Bertz CT molecular complexity index is 468. The summed E-state index contributed by atoms with van der Waals surface area (Å²) < 4.78 is 5.36. The number of carbonyl (C=O) groups is 1. The van der Waals surface area contributed by atoms with Gasteiger partial charge in [-0.2, -0.15) is 0 Å². The average Bonchev–Trinajstić information content (AvgIpc) is 2.46. The van der Waals surface area contributed by atoms with Crippen LogP contribution in [0.15, 0.2) is 24.3 Å². The van der Waals surface area contributed by atoms with Crippen molar-refractivity contribution in [2.24, 2.45) is 5.92 Å². The van der Waals surface area contributed by atoms with Gasteiger partial charge in [-0.05, 0) is 63.8 Å². The standard InChI is InChI=1S/C17H25NO3/c1-17(2,3)21-16(20)14-4-6-15(7-5-14)18-10-8-13(12-19)9-11-18/h4-7,13,19H,8-12H2,1-3H3. The maximum Gasteiger partial charge on any atom is 0.338 e. The Balaban J connectivity index is 1.98. The summed E-state index contributed by atoms with van der Waals surface area (Å²) in [5.74, 6) is 0.148. The Morgan fingerprint density at radius 1 is 1.24 bits per heavy atom. The number of anilines is 1. The Morgan fingerprint density at radius 3 is 2.29 bits per heavy atom. The highest BCUT2D eigenvalue weighted by atomic mass is 16.6. The van der Waals surface area contributed by atoms with Crippen LogP contribution in [-0.4, -0.2) is 36.4 Å². The fraction of sp³-hybridized carbons (Fsp3) is 0.588. The molecule has 0 bridgehead atoms. The number of benzene rings is 1. The SMILES string of the molecule is CC(C)(C)OC(=O)c1ccc(N2CCC(CO)CC2)cc1. The molecular weight excluding hydrogens is 266 g/mol. The fourth-order valence-corrected chi connectivity index (χ4v) is 2.52. The van der Waals surface area contributed by atoms with Crippen molar-refractivity contribution in [2.45, 2.75) is 39.2 Å². The molecule has 4 heteroatoms. The molecule has 0 spiro atoms. The summed E-state index contributed by atoms with van der Waals surface area (Å²) in [6, 6.07) is 7.58. The smallest absolute Gasteiger partial charge is 0.338 e. The highest BCUT2D eigenvalue weighted by molar-refractivity contribution is 5.90. The number of aliphatic hydroxyl groups is 1. The van der Waals surface area contributed by atoms with Crippen molar-refractivity contribution < 1.29 is 14.6 Å². The maximum absolute atomic E-state index is 12.0. The molecule has 1 aliphatic heterocycles. The zero-order valence-corrected chi connectivity index (χ0v) is 13.1. The van der Waals surface area contributed by atoms with Crippen molar-refractivity contribution in [1.82, 2.24) is 0 Å². The number of hydrogen-bond acceptors (Lipinski definition) is 4. The van der Waals surface area contributed by atoms with Crippen LogP contribution < -0.4 is 4.90 Å². The molecule has 0 unspecified atom stereocenters.